The number of amides is 1. The monoisotopic (exact) mass is 373 g/mol. The second kappa shape index (κ2) is 8.23. The molecule has 0 radical (unpaired) electrons. The number of thioether (sulfide) groups is 1. The summed E-state index contributed by atoms with van der Waals surface area (Å²) >= 11 is 1.75. The van der Waals surface area contributed by atoms with E-state index < -0.39 is 0 Å². The highest BCUT2D eigenvalue weighted by atomic mass is 32.2. The molecule has 1 amide bonds. The highest BCUT2D eigenvalue weighted by Gasteiger charge is 2.32. The molecular weight excluding hydrogens is 347 g/mol. The van der Waals surface area contributed by atoms with Gasteiger partial charge >= 0.3 is 0 Å². The SMILES string of the molecule is Cc1ccc(C)c(C[NH+](C)CC(=O)N2CCS[C@H]2c2ccc(F)cc2)c1. The molecule has 1 N–H and O–H groups in total. The molecule has 1 saturated heterocycles. The Hall–Kier alpha value is -1.85. The number of nitrogens with zero attached hydrogens (tertiary/aromatic N) is 1. The van der Waals surface area contributed by atoms with Crippen LogP contribution in [0.2, 0.25) is 0 Å². The highest BCUT2D eigenvalue weighted by Crippen LogP contribution is 2.37. The Morgan fingerprint density at radius 1 is 1.23 bits per heavy atom. The van der Waals surface area contributed by atoms with Crippen molar-refractivity contribution in [2.45, 2.75) is 25.8 Å². The maximum Gasteiger partial charge on any atom is 0.278 e. The fourth-order valence-electron chi connectivity index (χ4n) is 3.37. The molecule has 1 heterocycles. The molecule has 1 unspecified atom stereocenters. The van der Waals surface area contributed by atoms with Crippen LogP contribution in [0.25, 0.3) is 0 Å². The summed E-state index contributed by atoms with van der Waals surface area (Å²) in [6.07, 6.45) is 0. The van der Waals surface area contributed by atoms with Gasteiger partial charge in [-0.15, -0.1) is 11.8 Å². The van der Waals surface area contributed by atoms with Crippen LogP contribution in [0.5, 0.6) is 0 Å². The van der Waals surface area contributed by atoms with Crippen LogP contribution < -0.4 is 4.90 Å². The summed E-state index contributed by atoms with van der Waals surface area (Å²) in [6.45, 7) is 6.26. The van der Waals surface area contributed by atoms with E-state index in [1.165, 1.54) is 33.7 Å². The fourth-order valence-corrected chi connectivity index (χ4v) is 4.64. The first-order valence-electron chi connectivity index (χ1n) is 8.98. The maximum atomic E-state index is 13.2. The number of carbonyl (C=O) groups excluding carboxylic acids is 1. The number of halogens is 1. The van der Waals surface area contributed by atoms with E-state index in [1.54, 1.807) is 23.9 Å². The van der Waals surface area contributed by atoms with Crippen LogP contribution in [-0.2, 0) is 11.3 Å². The number of nitrogens with one attached hydrogen (secondary N) is 1. The number of rotatable bonds is 5. The van der Waals surface area contributed by atoms with Gasteiger partial charge in [0.2, 0.25) is 0 Å². The number of quaternary nitrogens is 1. The summed E-state index contributed by atoms with van der Waals surface area (Å²) in [5.41, 5.74) is 4.80. The number of benzene rings is 2. The smallest absolute Gasteiger partial charge is 0.278 e. The highest BCUT2D eigenvalue weighted by molar-refractivity contribution is 7.99. The van der Waals surface area contributed by atoms with Crippen LogP contribution in [0.4, 0.5) is 4.39 Å². The number of carbonyl (C=O) groups is 1. The lowest BCUT2D eigenvalue weighted by atomic mass is 10.1. The van der Waals surface area contributed by atoms with Crippen molar-refractivity contribution in [3.05, 3.63) is 70.5 Å². The van der Waals surface area contributed by atoms with Crippen molar-refractivity contribution in [2.75, 3.05) is 25.9 Å². The fraction of sp³-hybridized carbons (Fsp3) is 0.381. The molecule has 2 aromatic carbocycles. The van der Waals surface area contributed by atoms with Gasteiger partial charge in [-0.2, -0.15) is 0 Å². The minimum atomic E-state index is -0.243. The van der Waals surface area contributed by atoms with Gasteiger partial charge in [0.15, 0.2) is 6.54 Å². The number of hydrogen-bond acceptors (Lipinski definition) is 2. The molecular formula is C21H26FN2OS+. The maximum absolute atomic E-state index is 13.2. The van der Waals surface area contributed by atoms with Gasteiger partial charge < -0.3 is 9.80 Å². The summed E-state index contributed by atoms with van der Waals surface area (Å²) in [4.78, 5) is 16.0. The van der Waals surface area contributed by atoms with Crippen LogP contribution in [0.1, 0.15) is 27.6 Å². The third-order valence-electron chi connectivity index (χ3n) is 4.82. The van der Waals surface area contributed by atoms with Crippen LogP contribution in [0, 0.1) is 19.7 Å². The summed E-state index contributed by atoms with van der Waals surface area (Å²) in [7, 11) is 2.07. The summed E-state index contributed by atoms with van der Waals surface area (Å²) < 4.78 is 13.2. The zero-order chi connectivity index (χ0) is 18.7. The quantitative estimate of drug-likeness (QED) is 0.872. The largest absolute Gasteiger partial charge is 0.326 e. The first kappa shape index (κ1) is 18.9. The average Bonchev–Trinajstić information content (AvgIpc) is 3.08. The standard InChI is InChI=1S/C21H25FN2OS/c1-15-4-5-16(2)18(12-15)13-23(3)14-20(25)24-10-11-26-21(24)17-6-8-19(22)9-7-17/h4-9,12,21H,10-11,13-14H2,1-3H3/p+1/t21-/m0/s1. The van der Waals surface area contributed by atoms with Gasteiger partial charge in [0.25, 0.3) is 5.91 Å². The zero-order valence-corrected chi connectivity index (χ0v) is 16.4. The first-order valence-corrected chi connectivity index (χ1v) is 10.0. The van der Waals surface area contributed by atoms with E-state index in [0.29, 0.717) is 6.54 Å². The molecule has 1 aliphatic heterocycles. The molecule has 0 aromatic heterocycles. The number of aryl methyl sites for hydroxylation is 2. The van der Waals surface area contributed by atoms with Crippen molar-refractivity contribution in [3.63, 3.8) is 0 Å². The first-order chi connectivity index (χ1) is 12.4. The Balaban J connectivity index is 1.64. The summed E-state index contributed by atoms with van der Waals surface area (Å²) in [6, 6.07) is 13.0. The molecule has 1 fully saturated rings. The summed E-state index contributed by atoms with van der Waals surface area (Å²) in [5.74, 6) is 0.837. The minimum absolute atomic E-state index is 0.00314. The van der Waals surface area contributed by atoms with Crippen molar-refractivity contribution >= 4 is 17.7 Å². The van der Waals surface area contributed by atoms with Crippen molar-refractivity contribution < 1.29 is 14.1 Å². The lowest BCUT2D eigenvalue weighted by Crippen LogP contribution is -3.08. The van der Waals surface area contributed by atoms with Gasteiger partial charge in [0, 0.05) is 17.9 Å². The normalized spacial score (nSPS) is 18.2. The Kier molecular flexibility index (Phi) is 5.99. The van der Waals surface area contributed by atoms with Gasteiger partial charge in [-0.25, -0.2) is 4.39 Å². The van der Waals surface area contributed by atoms with Crippen molar-refractivity contribution in [3.8, 4) is 0 Å². The predicted octanol–water partition coefficient (Wildman–Crippen LogP) is 2.73. The third kappa shape index (κ3) is 4.46. The second-order valence-corrected chi connectivity index (χ2v) is 8.29. The predicted molar refractivity (Wildman–Crippen MR) is 105 cm³/mol. The molecule has 0 spiro atoms. The molecule has 2 atom stereocenters. The van der Waals surface area contributed by atoms with Gasteiger partial charge in [-0.05, 0) is 37.1 Å². The molecule has 3 nitrogen and oxygen atoms in total. The Labute approximate surface area is 159 Å². The molecule has 0 bridgehead atoms. The van der Waals surface area contributed by atoms with Crippen LogP contribution >= 0.6 is 11.8 Å². The molecule has 5 heteroatoms. The molecule has 138 valence electrons. The average molecular weight is 374 g/mol. The van der Waals surface area contributed by atoms with E-state index in [-0.39, 0.29) is 17.1 Å². The third-order valence-corrected chi connectivity index (χ3v) is 6.08. The number of likely N-dealkylation sites (N-methyl/N-ethyl adjacent to an activating group) is 1. The lowest BCUT2D eigenvalue weighted by Gasteiger charge is -2.25. The van der Waals surface area contributed by atoms with E-state index >= 15 is 0 Å². The van der Waals surface area contributed by atoms with Crippen LogP contribution in [0.15, 0.2) is 42.5 Å². The molecule has 0 saturated carbocycles. The Bertz CT molecular complexity index is 778. The van der Waals surface area contributed by atoms with Crippen molar-refractivity contribution in [2.24, 2.45) is 0 Å². The molecule has 26 heavy (non-hydrogen) atoms. The van der Waals surface area contributed by atoms with Crippen LogP contribution in [-0.4, -0.2) is 36.7 Å². The van der Waals surface area contributed by atoms with Gasteiger partial charge in [-0.3, -0.25) is 4.79 Å². The van der Waals surface area contributed by atoms with E-state index in [2.05, 4.69) is 39.1 Å². The van der Waals surface area contributed by atoms with Crippen LogP contribution in [0.3, 0.4) is 0 Å². The second-order valence-electron chi connectivity index (χ2n) is 7.10. The summed E-state index contributed by atoms with van der Waals surface area (Å²) in [5, 5.41) is -0.00314. The van der Waals surface area contributed by atoms with E-state index in [4.69, 9.17) is 0 Å². The Morgan fingerprint density at radius 3 is 2.69 bits per heavy atom. The topological polar surface area (TPSA) is 24.8 Å². The molecule has 0 aliphatic carbocycles. The van der Waals surface area contributed by atoms with Crippen molar-refractivity contribution in [1.82, 2.24) is 4.90 Å². The lowest BCUT2D eigenvalue weighted by molar-refractivity contribution is -0.885. The number of hydrogen-bond donors (Lipinski definition) is 1. The van der Waals surface area contributed by atoms with E-state index in [9.17, 15) is 9.18 Å². The van der Waals surface area contributed by atoms with Gasteiger partial charge in [0.1, 0.15) is 17.7 Å². The molecule has 3 rings (SSSR count). The molecule has 1 aliphatic rings. The molecule has 2 aromatic rings. The minimum Gasteiger partial charge on any atom is -0.326 e. The van der Waals surface area contributed by atoms with E-state index in [1.807, 2.05) is 4.90 Å². The zero-order valence-electron chi connectivity index (χ0n) is 15.6. The van der Waals surface area contributed by atoms with Gasteiger partial charge in [0.05, 0.1) is 7.05 Å². The van der Waals surface area contributed by atoms with Gasteiger partial charge in [-0.1, -0.05) is 35.9 Å². The Morgan fingerprint density at radius 2 is 1.96 bits per heavy atom. The van der Waals surface area contributed by atoms with Crippen molar-refractivity contribution in [1.29, 1.82) is 0 Å². The van der Waals surface area contributed by atoms with E-state index in [0.717, 1.165) is 24.4 Å².